The Morgan fingerprint density at radius 3 is 2.50 bits per heavy atom. The average Bonchev–Trinajstić information content (AvgIpc) is 2.75. The lowest BCUT2D eigenvalue weighted by Crippen LogP contribution is -2.48. The molecule has 2 aliphatic rings. The highest BCUT2D eigenvalue weighted by Crippen LogP contribution is 2.29. The summed E-state index contributed by atoms with van der Waals surface area (Å²) in [6.45, 7) is 7.16. The van der Waals surface area contributed by atoms with Gasteiger partial charge in [0, 0.05) is 18.6 Å². The van der Waals surface area contributed by atoms with Gasteiger partial charge in [-0.25, -0.2) is 0 Å². The van der Waals surface area contributed by atoms with Gasteiger partial charge in [0.1, 0.15) is 0 Å². The van der Waals surface area contributed by atoms with Crippen LogP contribution in [-0.2, 0) is 0 Å². The zero-order valence-corrected chi connectivity index (χ0v) is 11.0. The van der Waals surface area contributed by atoms with Gasteiger partial charge in [0.25, 0.3) is 0 Å². The molecule has 2 heteroatoms. The van der Waals surface area contributed by atoms with Crippen molar-refractivity contribution in [1.82, 2.24) is 4.90 Å². The third-order valence-corrected chi connectivity index (χ3v) is 4.73. The normalized spacial score (nSPS) is 35.4. The summed E-state index contributed by atoms with van der Waals surface area (Å²) in [6.07, 6.45) is 8.29. The lowest BCUT2D eigenvalue weighted by Gasteiger charge is -2.38. The van der Waals surface area contributed by atoms with Gasteiger partial charge in [0.15, 0.2) is 0 Å². The fourth-order valence-corrected chi connectivity index (χ4v) is 3.53. The molecule has 2 N–H and O–H groups in total. The first-order chi connectivity index (χ1) is 7.66. The molecule has 1 saturated heterocycles. The van der Waals surface area contributed by atoms with Crippen LogP contribution in [0.15, 0.2) is 0 Å². The number of likely N-dealkylation sites (tertiary alicyclic amines) is 1. The second kappa shape index (κ2) is 5.50. The molecule has 1 aliphatic carbocycles. The van der Waals surface area contributed by atoms with E-state index in [0.29, 0.717) is 6.04 Å². The predicted molar refractivity (Wildman–Crippen MR) is 69.4 cm³/mol. The van der Waals surface area contributed by atoms with Crippen LogP contribution in [0.2, 0.25) is 0 Å². The van der Waals surface area contributed by atoms with Crippen molar-refractivity contribution in [2.75, 3.05) is 13.1 Å². The van der Waals surface area contributed by atoms with E-state index in [4.69, 9.17) is 5.73 Å². The van der Waals surface area contributed by atoms with Crippen LogP contribution in [0, 0.1) is 11.8 Å². The molecular formula is C14H28N2. The van der Waals surface area contributed by atoms with Gasteiger partial charge in [-0.2, -0.15) is 0 Å². The van der Waals surface area contributed by atoms with Crippen LogP contribution in [0.25, 0.3) is 0 Å². The maximum absolute atomic E-state index is 6.37. The molecule has 94 valence electrons. The standard InChI is InChI=1S/C14H28N2/c1-11-7-8-16(12(2)9-11)10-14(15)13-5-3-4-6-13/h11-14H,3-10,15H2,1-2H3. The number of hydrogen-bond donors (Lipinski definition) is 1. The molecule has 1 heterocycles. The van der Waals surface area contributed by atoms with Gasteiger partial charge in [-0.3, -0.25) is 4.90 Å². The van der Waals surface area contributed by atoms with E-state index < -0.39 is 0 Å². The number of nitrogens with two attached hydrogens (primary N) is 1. The van der Waals surface area contributed by atoms with Crippen LogP contribution in [0.5, 0.6) is 0 Å². The fraction of sp³-hybridized carbons (Fsp3) is 1.00. The smallest absolute Gasteiger partial charge is 0.0196 e. The van der Waals surface area contributed by atoms with Crippen molar-refractivity contribution in [1.29, 1.82) is 0 Å². The largest absolute Gasteiger partial charge is 0.326 e. The minimum absolute atomic E-state index is 0.429. The van der Waals surface area contributed by atoms with Crippen LogP contribution in [0.3, 0.4) is 0 Å². The number of hydrogen-bond acceptors (Lipinski definition) is 2. The molecule has 0 spiro atoms. The van der Waals surface area contributed by atoms with Crippen molar-refractivity contribution in [3.05, 3.63) is 0 Å². The maximum atomic E-state index is 6.37. The zero-order valence-electron chi connectivity index (χ0n) is 11.0. The zero-order chi connectivity index (χ0) is 11.5. The molecule has 3 atom stereocenters. The van der Waals surface area contributed by atoms with Gasteiger partial charge in [0.05, 0.1) is 0 Å². The van der Waals surface area contributed by atoms with Gasteiger partial charge in [-0.05, 0) is 51.0 Å². The van der Waals surface area contributed by atoms with E-state index in [1.165, 1.54) is 45.1 Å². The van der Waals surface area contributed by atoms with Crippen LogP contribution in [0.1, 0.15) is 52.4 Å². The van der Waals surface area contributed by atoms with Crippen LogP contribution >= 0.6 is 0 Å². The quantitative estimate of drug-likeness (QED) is 0.798. The van der Waals surface area contributed by atoms with E-state index in [1.807, 2.05) is 0 Å². The van der Waals surface area contributed by atoms with Crippen molar-refractivity contribution < 1.29 is 0 Å². The van der Waals surface area contributed by atoms with Gasteiger partial charge in [-0.1, -0.05) is 19.8 Å². The highest BCUT2D eigenvalue weighted by molar-refractivity contribution is 4.84. The Hall–Kier alpha value is -0.0800. The van der Waals surface area contributed by atoms with Gasteiger partial charge in [-0.15, -0.1) is 0 Å². The first-order valence-corrected chi connectivity index (χ1v) is 7.16. The molecule has 3 unspecified atom stereocenters. The van der Waals surface area contributed by atoms with Gasteiger partial charge in [0.2, 0.25) is 0 Å². The molecule has 0 aromatic rings. The summed E-state index contributed by atoms with van der Waals surface area (Å²) in [5.41, 5.74) is 6.37. The van der Waals surface area contributed by atoms with E-state index >= 15 is 0 Å². The average molecular weight is 224 g/mol. The SMILES string of the molecule is CC1CCN(CC(N)C2CCCC2)C(C)C1. The van der Waals surface area contributed by atoms with Gasteiger partial charge >= 0.3 is 0 Å². The number of nitrogens with zero attached hydrogens (tertiary/aromatic N) is 1. The Balaban J connectivity index is 1.79. The van der Waals surface area contributed by atoms with E-state index in [0.717, 1.165) is 24.4 Å². The van der Waals surface area contributed by atoms with E-state index in [-0.39, 0.29) is 0 Å². The second-order valence-electron chi connectivity index (χ2n) is 6.18. The van der Waals surface area contributed by atoms with Crippen LogP contribution in [-0.4, -0.2) is 30.1 Å². The van der Waals surface area contributed by atoms with E-state index in [9.17, 15) is 0 Å². The Kier molecular flexibility index (Phi) is 4.26. The van der Waals surface area contributed by atoms with Crippen molar-refractivity contribution >= 4 is 0 Å². The maximum Gasteiger partial charge on any atom is 0.0196 e. The Morgan fingerprint density at radius 2 is 1.88 bits per heavy atom. The van der Waals surface area contributed by atoms with E-state index in [2.05, 4.69) is 18.7 Å². The predicted octanol–water partition coefficient (Wildman–Crippen LogP) is 2.62. The highest BCUT2D eigenvalue weighted by atomic mass is 15.2. The fourth-order valence-electron chi connectivity index (χ4n) is 3.53. The summed E-state index contributed by atoms with van der Waals surface area (Å²) in [5.74, 6) is 1.72. The number of rotatable bonds is 3. The second-order valence-corrected chi connectivity index (χ2v) is 6.18. The lowest BCUT2D eigenvalue weighted by molar-refractivity contribution is 0.113. The topological polar surface area (TPSA) is 29.3 Å². The molecule has 2 fully saturated rings. The highest BCUT2D eigenvalue weighted by Gasteiger charge is 2.28. The molecule has 0 aromatic carbocycles. The molecule has 0 radical (unpaired) electrons. The molecular weight excluding hydrogens is 196 g/mol. The summed E-state index contributed by atoms with van der Waals surface area (Å²) in [6, 6.07) is 1.18. The minimum atomic E-state index is 0.429. The Morgan fingerprint density at radius 1 is 1.19 bits per heavy atom. The molecule has 0 aromatic heterocycles. The van der Waals surface area contributed by atoms with Crippen molar-refractivity contribution in [2.45, 2.75) is 64.5 Å². The van der Waals surface area contributed by atoms with Gasteiger partial charge < -0.3 is 5.73 Å². The van der Waals surface area contributed by atoms with Crippen molar-refractivity contribution in [2.24, 2.45) is 17.6 Å². The molecule has 0 bridgehead atoms. The van der Waals surface area contributed by atoms with Crippen molar-refractivity contribution in [3.63, 3.8) is 0 Å². The van der Waals surface area contributed by atoms with E-state index in [1.54, 1.807) is 0 Å². The third kappa shape index (κ3) is 2.98. The van der Waals surface area contributed by atoms with Crippen molar-refractivity contribution in [3.8, 4) is 0 Å². The summed E-state index contributed by atoms with van der Waals surface area (Å²) < 4.78 is 0. The summed E-state index contributed by atoms with van der Waals surface area (Å²) >= 11 is 0. The number of piperidine rings is 1. The Labute approximate surface area is 101 Å². The summed E-state index contributed by atoms with van der Waals surface area (Å²) in [7, 11) is 0. The molecule has 1 aliphatic heterocycles. The molecule has 16 heavy (non-hydrogen) atoms. The Bertz CT molecular complexity index is 211. The molecule has 2 nitrogen and oxygen atoms in total. The first-order valence-electron chi connectivity index (χ1n) is 7.16. The molecule has 1 saturated carbocycles. The van der Waals surface area contributed by atoms with Crippen LogP contribution in [0.4, 0.5) is 0 Å². The summed E-state index contributed by atoms with van der Waals surface area (Å²) in [5, 5.41) is 0. The lowest BCUT2D eigenvalue weighted by atomic mass is 9.91. The minimum Gasteiger partial charge on any atom is -0.326 e. The monoisotopic (exact) mass is 224 g/mol. The van der Waals surface area contributed by atoms with Crippen LogP contribution < -0.4 is 5.73 Å². The summed E-state index contributed by atoms with van der Waals surface area (Å²) in [4.78, 5) is 2.63. The molecule has 0 amide bonds. The first kappa shape index (κ1) is 12.4. The third-order valence-electron chi connectivity index (χ3n) is 4.73. The molecule has 2 rings (SSSR count).